The van der Waals surface area contributed by atoms with Crippen LogP contribution in [0.5, 0.6) is 0 Å². The van der Waals surface area contributed by atoms with Gasteiger partial charge in [-0.15, -0.1) is 5.10 Å². The second-order valence-electron chi connectivity index (χ2n) is 8.69. The number of piperidine rings is 1. The largest absolute Gasteiger partial charge is 0.480 e. The van der Waals surface area contributed by atoms with Crippen molar-refractivity contribution in [2.75, 3.05) is 43.0 Å². The van der Waals surface area contributed by atoms with Crippen molar-refractivity contribution in [2.45, 2.75) is 38.0 Å². The molecule has 0 radical (unpaired) electrons. The van der Waals surface area contributed by atoms with Crippen LogP contribution in [0, 0.1) is 0 Å². The Morgan fingerprint density at radius 2 is 1.94 bits per heavy atom. The molecule has 0 bridgehead atoms. The molecule has 1 amide bonds. The van der Waals surface area contributed by atoms with E-state index < -0.39 is 24.3 Å². The lowest BCUT2D eigenvalue weighted by atomic mass is 9.87. The lowest BCUT2D eigenvalue weighted by Gasteiger charge is -2.45. The van der Waals surface area contributed by atoms with Crippen LogP contribution < -0.4 is 10.0 Å². The summed E-state index contributed by atoms with van der Waals surface area (Å²) in [5.41, 5.74) is -0.450. The third kappa shape index (κ3) is 6.60. The van der Waals surface area contributed by atoms with Crippen LogP contribution in [0.4, 0.5) is 29.5 Å². The molecule has 9 nitrogen and oxygen atoms in total. The number of likely N-dealkylation sites (tertiary alicyclic amines) is 1. The van der Waals surface area contributed by atoms with Crippen LogP contribution >= 0.6 is 11.9 Å². The number of nitrogens with zero attached hydrogens (tertiary/aromatic N) is 4. The molecule has 1 aromatic heterocycles. The predicted octanol–water partition coefficient (Wildman–Crippen LogP) is 4.04. The number of alkyl halides is 3. The van der Waals surface area contributed by atoms with Crippen LogP contribution in [-0.4, -0.2) is 75.2 Å². The molecule has 1 fully saturated rings. The number of halogens is 3. The van der Waals surface area contributed by atoms with Crippen molar-refractivity contribution in [1.82, 2.24) is 19.6 Å². The molecule has 3 rings (SSSR count). The van der Waals surface area contributed by atoms with E-state index in [4.69, 9.17) is 5.11 Å². The minimum atomic E-state index is -4.53. The first kappa shape index (κ1) is 26.7. The van der Waals surface area contributed by atoms with Gasteiger partial charge in [0.25, 0.3) is 0 Å². The number of amides is 1. The van der Waals surface area contributed by atoms with Gasteiger partial charge in [-0.25, -0.2) is 4.79 Å². The summed E-state index contributed by atoms with van der Waals surface area (Å²) >= 11 is 1.38. The third-order valence-electron chi connectivity index (χ3n) is 6.30. The Bertz CT molecular complexity index is 1050. The summed E-state index contributed by atoms with van der Waals surface area (Å²) in [5, 5.41) is 15.8. The molecule has 2 aromatic rings. The van der Waals surface area contributed by atoms with E-state index in [0.717, 1.165) is 12.1 Å². The van der Waals surface area contributed by atoms with Gasteiger partial charge in [0, 0.05) is 49.4 Å². The summed E-state index contributed by atoms with van der Waals surface area (Å²) in [7, 11) is 1.88. The van der Waals surface area contributed by atoms with Gasteiger partial charge in [0.1, 0.15) is 6.54 Å². The highest BCUT2D eigenvalue weighted by atomic mass is 32.2. The van der Waals surface area contributed by atoms with Crippen molar-refractivity contribution >= 4 is 35.5 Å². The minimum absolute atomic E-state index is 0.138. The zero-order valence-corrected chi connectivity index (χ0v) is 20.5. The van der Waals surface area contributed by atoms with Crippen LogP contribution in [0.2, 0.25) is 0 Å². The number of hydrogen-bond donors (Lipinski definition) is 3. The van der Waals surface area contributed by atoms with Gasteiger partial charge in [-0.3, -0.25) is 9.69 Å². The van der Waals surface area contributed by atoms with Gasteiger partial charge in [0.2, 0.25) is 0 Å². The fourth-order valence-corrected chi connectivity index (χ4v) is 4.29. The van der Waals surface area contributed by atoms with Gasteiger partial charge >= 0.3 is 18.2 Å². The van der Waals surface area contributed by atoms with Crippen LogP contribution in [0.25, 0.3) is 0 Å². The summed E-state index contributed by atoms with van der Waals surface area (Å²) in [6, 6.07) is 4.83. The maximum atomic E-state index is 13.2. The molecule has 1 aliphatic heterocycles. The zero-order chi connectivity index (χ0) is 25.8. The molecule has 192 valence electrons. The molecule has 35 heavy (non-hydrogen) atoms. The highest BCUT2D eigenvalue weighted by molar-refractivity contribution is 7.99. The minimum Gasteiger partial charge on any atom is -0.480 e. The molecule has 1 aromatic carbocycles. The monoisotopic (exact) mass is 514 g/mol. The van der Waals surface area contributed by atoms with Crippen LogP contribution in [-0.2, 0) is 17.5 Å². The number of anilines is 2. The van der Waals surface area contributed by atoms with Gasteiger partial charge < -0.3 is 20.0 Å². The summed E-state index contributed by atoms with van der Waals surface area (Å²) in [6.07, 6.45) is 0.252. The lowest BCUT2D eigenvalue weighted by Crippen LogP contribution is -2.53. The zero-order valence-electron chi connectivity index (χ0n) is 19.7. The van der Waals surface area contributed by atoms with Crippen LogP contribution in [0.1, 0.15) is 30.9 Å². The first-order valence-corrected chi connectivity index (χ1v) is 12.2. The molecule has 0 saturated carbocycles. The molecule has 2 heterocycles. The highest BCUT2D eigenvalue weighted by Gasteiger charge is 2.36. The molecule has 3 N–H and O–H groups in total. The van der Waals surface area contributed by atoms with Gasteiger partial charge in [0.15, 0.2) is 5.82 Å². The third-order valence-corrected chi connectivity index (χ3v) is 6.71. The summed E-state index contributed by atoms with van der Waals surface area (Å²) < 4.78 is 43.8. The van der Waals surface area contributed by atoms with E-state index >= 15 is 0 Å². The second-order valence-corrected chi connectivity index (χ2v) is 9.30. The standard InChI is InChI=1S/C22H29F3N6O3S/c1-21(7-10-30(11-8-21)20(34)31-9-6-18(27-31)28-35-3)29(2)14-15-4-5-16(22(23,24)25)12-17(15)26-13-19(32)33/h4-6,9,12,26H,7-8,10-11,13-14H2,1-3H3,(H,27,28)(H,32,33). The molecular formula is C22H29F3N6O3S. The number of carboxylic acid groups (broad SMARTS) is 1. The lowest BCUT2D eigenvalue weighted by molar-refractivity contribution is -0.137. The van der Waals surface area contributed by atoms with Crippen molar-refractivity contribution in [3.63, 3.8) is 0 Å². The van der Waals surface area contributed by atoms with Crippen molar-refractivity contribution < 1.29 is 27.9 Å². The average molecular weight is 515 g/mol. The molecule has 0 unspecified atom stereocenters. The Morgan fingerprint density at radius 3 is 2.54 bits per heavy atom. The number of rotatable bonds is 8. The molecule has 0 atom stereocenters. The maximum Gasteiger partial charge on any atom is 0.416 e. The second kappa shape index (κ2) is 10.8. The molecule has 0 aliphatic carbocycles. The normalized spacial score (nSPS) is 15.8. The maximum absolute atomic E-state index is 13.2. The van der Waals surface area contributed by atoms with Crippen molar-refractivity contribution in [3.05, 3.63) is 41.6 Å². The van der Waals surface area contributed by atoms with Crippen molar-refractivity contribution in [3.8, 4) is 0 Å². The number of aromatic nitrogens is 2. The van der Waals surface area contributed by atoms with Gasteiger partial charge in [-0.2, -0.15) is 17.9 Å². The number of hydrogen-bond acceptors (Lipinski definition) is 7. The first-order valence-electron chi connectivity index (χ1n) is 10.9. The summed E-state index contributed by atoms with van der Waals surface area (Å²) in [6.45, 7) is 2.88. The first-order chi connectivity index (χ1) is 16.4. The van der Waals surface area contributed by atoms with Gasteiger partial charge in [-0.1, -0.05) is 18.0 Å². The van der Waals surface area contributed by atoms with Gasteiger partial charge in [0.05, 0.1) is 5.56 Å². The Labute approximate surface area is 205 Å². The Hall–Kier alpha value is -2.93. The predicted molar refractivity (Wildman–Crippen MR) is 128 cm³/mol. The summed E-state index contributed by atoms with van der Waals surface area (Å²) in [5.74, 6) is -0.574. The fourth-order valence-electron chi connectivity index (χ4n) is 3.97. The van der Waals surface area contributed by atoms with Gasteiger partial charge in [-0.05, 0) is 44.5 Å². The Morgan fingerprint density at radius 1 is 1.26 bits per heavy atom. The van der Waals surface area contributed by atoms with Crippen LogP contribution in [0.15, 0.2) is 30.5 Å². The van der Waals surface area contributed by atoms with Crippen molar-refractivity contribution in [1.29, 1.82) is 0 Å². The summed E-state index contributed by atoms with van der Waals surface area (Å²) in [4.78, 5) is 27.5. The fraction of sp³-hybridized carbons (Fsp3) is 0.500. The number of benzene rings is 1. The molecular weight excluding hydrogens is 485 g/mol. The Kier molecular flexibility index (Phi) is 8.21. The highest BCUT2D eigenvalue weighted by Crippen LogP contribution is 2.34. The number of carboxylic acids is 1. The number of aliphatic carboxylic acids is 1. The van der Waals surface area contributed by atoms with E-state index in [-0.39, 0.29) is 17.3 Å². The number of carbonyl (C=O) groups excluding carboxylic acids is 1. The molecule has 13 heteroatoms. The molecule has 0 spiro atoms. The quantitative estimate of drug-likeness (QED) is 0.454. The van der Waals surface area contributed by atoms with E-state index in [0.29, 0.717) is 43.9 Å². The molecule has 1 aliphatic rings. The van der Waals surface area contributed by atoms with Crippen molar-refractivity contribution in [2.24, 2.45) is 0 Å². The molecule has 1 saturated heterocycles. The Balaban J connectivity index is 1.68. The van der Waals surface area contributed by atoms with E-state index in [2.05, 4.69) is 22.1 Å². The van der Waals surface area contributed by atoms with E-state index in [1.165, 1.54) is 22.7 Å². The SMILES string of the molecule is CSNc1ccn(C(=O)N2CCC(C)(N(C)Cc3ccc(C(F)(F)F)cc3NCC(=O)O)CC2)n1. The number of carbonyl (C=O) groups is 2. The van der Waals surface area contributed by atoms with Crippen LogP contribution in [0.3, 0.4) is 0 Å². The smallest absolute Gasteiger partial charge is 0.416 e. The van der Waals surface area contributed by atoms with E-state index in [9.17, 15) is 22.8 Å². The van der Waals surface area contributed by atoms with E-state index in [1.807, 2.05) is 18.2 Å². The number of nitrogens with one attached hydrogen (secondary N) is 2. The van der Waals surface area contributed by atoms with E-state index in [1.54, 1.807) is 17.2 Å². The topological polar surface area (TPSA) is 103 Å². The average Bonchev–Trinajstić information content (AvgIpc) is 3.26.